The largest absolute Gasteiger partial charge is 0.395 e. The quantitative estimate of drug-likeness (QED) is 0.455. The van der Waals surface area contributed by atoms with Crippen LogP contribution in [0.2, 0.25) is 0 Å². The van der Waals surface area contributed by atoms with Crippen molar-refractivity contribution in [1.29, 1.82) is 0 Å². The molecule has 8 heteroatoms. The van der Waals surface area contributed by atoms with E-state index in [2.05, 4.69) is 0 Å². The predicted octanol–water partition coefficient (Wildman–Crippen LogP) is 0.174. The summed E-state index contributed by atoms with van der Waals surface area (Å²) in [5.74, 6) is 0.284. The van der Waals surface area contributed by atoms with E-state index in [-0.39, 0.29) is 17.4 Å². The molecule has 1 aliphatic carbocycles. The van der Waals surface area contributed by atoms with E-state index in [9.17, 15) is 14.1 Å². The van der Waals surface area contributed by atoms with Gasteiger partial charge in [-0.05, 0) is 31.6 Å². The summed E-state index contributed by atoms with van der Waals surface area (Å²) in [6.07, 6.45) is 3.09. The molecule has 3 fully saturated rings. The highest BCUT2D eigenvalue weighted by Gasteiger charge is 2.55. The van der Waals surface area contributed by atoms with E-state index in [1.165, 1.54) is 0 Å². The van der Waals surface area contributed by atoms with Gasteiger partial charge in [0.05, 0.1) is 0 Å². The van der Waals surface area contributed by atoms with Crippen molar-refractivity contribution in [3.05, 3.63) is 0 Å². The Labute approximate surface area is 127 Å². The van der Waals surface area contributed by atoms with E-state index < -0.39 is 5.52 Å². The zero-order valence-electron chi connectivity index (χ0n) is 12.2. The number of rotatable bonds is 4. The Morgan fingerprint density at radius 3 is 2.19 bits per heavy atom. The number of aliphatic hydroxyl groups is 1. The Balaban J connectivity index is 1.55. The molecular formula is C13H21B2F2N3O. The molecule has 0 bridgehead atoms. The fourth-order valence-electron chi connectivity index (χ4n) is 4.05. The first-order valence-corrected chi connectivity index (χ1v) is 7.66. The molecule has 0 aromatic rings. The van der Waals surface area contributed by atoms with E-state index in [1.54, 1.807) is 4.90 Å². The van der Waals surface area contributed by atoms with Crippen molar-refractivity contribution in [2.75, 3.05) is 32.7 Å². The normalized spacial score (nSPS) is 28.8. The molecule has 1 N–H and O–H groups in total. The highest BCUT2D eigenvalue weighted by atomic mass is 19.2. The van der Waals surface area contributed by atoms with Crippen molar-refractivity contribution in [3.63, 3.8) is 0 Å². The molecule has 2 heterocycles. The van der Waals surface area contributed by atoms with Crippen molar-refractivity contribution >= 4 is 15.7 Å². The van der Waals surface area contributed by atoms with Gasteiger partial charge in [0.25, 0.3) is 0 Å². The van der Waals surface area contributed by atoms with Crippen molar-refractivity contribution in [2.45, 2.75) is 37.2 Å². The molecule has 2 saturated heterocycles. The number of piperidine rings is 1. The van der Waals surface area contributed by atoms with Crippen molar-refractivity contribution in [3.8, 4) is 0 Å². The summed E-state index contributed by atoms with van der Waals surface area (Å²) < 4.78 is 25.9. The van der Waals surface area contributed by atoms with Gasteiger partial charge in [-0.3, -0.25) is 4.90 Å². The molecule has 3 aliphatic rings. The van der Waals surface area contributed by atoms with Gasteiger partial charge in [-0.25, -0.2) is 0 Å². The lowest BCUT2D eigenvalue weighted by Crippen LogP contribution is -2.68. The second-order valence-corrected chi connectivity index (χ2v) is 7.13. The van der Waals surface area contributed by atoms with E-state index in [0.717, 1.165) is 35.9 Å². The summed E-state index contributed by atoms with van der Waals surface area (Å²) in [6.45, 7) is 2.32. The minimum atomic E-state index is -1.86. The van der Waals surface area contributed by atoms with Crippen LogP contribution in [0, 0.1) is 11.3 Å². The van der Waals surface area contributed by atoms with Gasteiger partial charge in [0.15, 0.2) is 0 Å². The molecule has 0 unspecified atom stereocenters. The summed E-state index contributed by atoms with van der Waals surface area (Å²) >= 11 is 0. The van der Waals surface area contributed by atoms with Crippen molar-refractivity contribution in [2.24, 2.45) is 11.3 Å². The van der Waals surface area contributed by atoms with Gasteiger partial charge < -0.3 is 5.11 Å². The lowest BCUT2D eigenvalue weighted by molar-refractivity contribution is -0.201. The van der Waals surface area contributed by atoms with Crippen LogP contribution in [0.4, 0.5) is 8.96 Å². The van der Waals surface area contributed by atoms with E-state index in [1.807, 2.05) is 0 Å². The highest BCUT2D eigenvalue weighted by molar-refractivity contribution is 6.38. The third-order valence-corrected chi connectivity index (χ3v) is 5.27. The van der Waals surface area contributed by atoms with Crippen molar-refractivity contribution < 1.29 is 14.1 Å². The first-order valence-electron chi connectivity index (χ1n) is 7.66. The second kappa shape index (κ2) is 5.48. The van der Waals surface area contributed by atoms with Gasteiger partial charge in [-0.15, -0.1) is 19.2 Å². The number of hydrogen-bond acceptors (Lipinski definition) is 4. The number of nitrogens with zero attached hydrogens (tertiary/aromatic N) is 3. The van der Waals surface area contributed by atoms with Gasteiger partial charge in [0.2, 0.25) is 0 Å². The lowest BCUT2D eigenvalue weighted by atomic mass is 9.59. The molecule has 1 saturated carbocycles. The van der Waals surface area contributed by atoms with Crippen LogP contribution in [-0.2, 0) is 0 Å². The summed E-state index contributed by atoms with van der Waals surface area (Å²) in [5.41, 5.74) is -1.82. The highest BCUT2D eigenvalue weighted by Crippen LogP contribution is 2.51. The fraction of sp³-hybridized carbons (Fsp3) is 1.00. The third-order valence-electron chi connectivity index (χ3n) is 5.27. The molecule has 0 amide bonds. The Bertz CT molecular complexity index is 374. The molecule has 1 spiro atoms. The van der Waals surface area contributed by atoms with E-state index in [0.29, 0.717) is 32.7 Å². The monoisotopic (exact) mass is 295 g/mol. The Hall–Kier alpha value is -0.170. The molecule has 4 radical (unpaired) electrons. The predicted molar refractivity (Wildman–Crippen MR) is 76.7 cm³/mol. The maximum absolute atomic E-state index is 13.0. The molecule has 0 aromatic heterocycles. The number of halogens is 2. The molecule has 0 aromatic carbocycles. The van der Waals surface area contributed by atoms with Crippen LogP contribution < -0.4 is 0 Å². The molecule has 2 aliphatic heterocycles. The fourth-order valence-corrected chi connectivity index (χ4v) is 4.05. The van der Waals surface area contributed by atoms with Crippen molar-refractivity contribution in [1.82, 2.24) is 15.1 Å². The smallest absolute Gasteiger partial charge is 0.120 e. The van der Waals surface area contributed by atoms with E-state index >= 15 is 0 Å². The average Bonchev–Trinajstić information content (AvgIpc) is 2.30. The first kappa shape index (κ1) is 15.7. The topological polar surface area (TPSA) is 30.0 Å². The van der Waals surface area contributed by atoms with Gasteiger partial charge in [0, 0.05) is 49.7 Å². The Morgan fingerprint density at radius 2 is 1.71 bits per heavy atom. The van der Waals surface area contributed by atoms with Crippen LogP contribution in [0.1, 0.15) is 25.7 Å². The first-order chi connectivity index (χ1) is 9.77. The lowest BCUT2D eigenvalue weighted by Gasteiger charge is -2.60. The molecule has 114 valence electrons. The third kappa shape index (κ3) is 3.28. The maximum atomic E-state index is 13.0. The average molecular weight is 295 g/mol. The van der Waals surface area contributed by atoms with Crippen LogP contribution in [0.15, 0.2) is 0 Å². The van der Waals surface area contributed by atoms with Crippen LogP contribution in [0.3, 0.4) is 0 Å². The second-order valence-electron chi connectivity index (χ2n) is 7.13. The SMILES string of the molecule is [B]C([B])(O)N(CC1CCN(F)CC1)C1CC2(C1)CN(F)C2. The molecule has 4 nitrogen and oxygen atoms in total. The summed E-state index contributed by atoms with van der Waals surface area (Å²) in [6, 6.07) is 0.0853. The minimum absolute atomic E-state index is 0.0468. The summed E-state index contributed by atoms with van der Waals surface area (Å²) in [4.78, 5) is 1.72. The zero-order chi connectivity index (χ0) is 15.3. The summed E-state index contributed by atoms with van der Waals surface area (Å²) in [7, 11) is 11.4. The van der Waals surface area contributed by atoms with Crippen LogP contribution in [-0.4, -0.2) is 80.2 Å². The van der Waals surface area contributed by atoms with Gasteiger partial charge in [0.1, 0.15) is 15.7 Å². The maximum Gasteiger partial charge on any atom is 0.120 e. The molecule has 3 rings (SSSR count). The Kier molecular flexibility index (Phi) is 4.10. The van der Waals surface area contributed by atoms with Gasteiger partial charge >= 0.3 is 0 Å². The molecular weight excluding hydrogens is 274 g/mol. The molecule has 0 atom stereocenters. The minimum Gasteiger partial charge on any atom is -0.395 e. The van der Waals surface area contributed by atoms with Crippen LogP contribution in [0.25, 0.3) is 0 Å². The molecule has 21 heavy (non-hydrogen) atoms. The Morgan fingerprint density at radius 1 is 1.14 bits per heavy atom. The van der Waals surface area contributed by atoms with Gasteiger partial charge in [-0.1, -0.05) is 0 Å². The van der Waals surface area contributed by atoms with Crippen LogP contribution >= 0.6 is 0 Å². The van der Waals surface area contributed by atoms with Crippen LogP contribution in [0.5, 0.6) is 0 Å². The van der Waals surface area contributed by atoms with E-state index in [4.69, 9.17) is 15.7 Å². The van der Waals surface area contributed by atoms with Gasteiger partial charge in [-0.2, -0.15) is 0 Å². The summed E-state index contributed by atoms with van der Waals surface area (Å²) in [5, 5.41) is 11.7. The standard InChI is InChI=1S/C13H21B2F2N3O/c14-13(15,21)20(7-10-1-3-18(16)4-2-10)11-5-12(6-11)8-19(17)9-12/h10-11,21H,1-9H2. The zero-order valence-corrected chi connectivity index (χ0v) is 12.2. The number of hydrogen-bond donors (Lipinski definition) is 1.